The molecule has 5 heteroatoms. The SMILES string of the molecule is Cc1ccccc1-c1ccc(OCCN(C)C)c(C(=O)/C=C/c2ccccc2NC(C)O)c1. The molecule has 0 saturated carbocycles. The van der Waals surface area contributed by atoms with Gasteiger partial charge in [0.1, 0.15) is 18.6 Å². The highest BCUT2D eigenvalue weighted by Crippen LogP contribution is 2.30. The summed E-state index contributed by atoms with van der Waals surface area (Å²) in [7, 11) is 3.97. The molecule has 0 saturated heterocycles. The molecule has 0 aliphatic rings. The lowest BCUT2D eigenvalue weighted by Crippen LogP contribution is -2.20. The van der Waals surface area contributed by atoms with Gasteiger partial charge in [-0.1, -0.05) is 48.5 Å². The van der Waals surface area contributed by atoms with E-state index in [1.54, 1.807) is 19.1 Å². The van der Waals surface area contributed by atoms with Gasteiger partial charge in [0, 0.05) is 12.2 Å². The van der Waals surface area contributed by atoms with Gasteiger partial charge in [-0.3, -0.25) is 4.79 Å². The molecular formula is C28H32N2O3. The summed E-state index contributed by atoms with van der Waals surface area (Å²) in [4.78, 5) is 15.3. The number of aliphatic hydroxyl groups is 1. The molecule has 1 atom stereocenters. The summed E-state index contributed by atoms with van der Waals surface area (Å²) >= 11 is 0. The maximum Gasteiger partial charge on any atom is 0.189 e. The smallest absolute Gasteiger partial charge is 0.189 e. The van der Waals surface area contributed by atoms with E-state index in [9.17, 15) is 9.90 Å². The molecule has 2 N–H and O–H groups in total. The summed E-state index contributed by atoms with van der Waals surface area (Å²) in [5, 5.41) is 12.7. The molecule has 0 bridgehead atoms. The van der Waals surface area contributed by atoms with E-state index in [-0.39, 0.29) is 5.78 Å². The highest BCUT2D eigenvalue weighted by Gasteiger charge is 2.14. The minimum atomic E-state index is -0.697. The maximum atomic E-state index is 13.3. The van der Waals surface area contributed by atoms with Crippen molar-refractivity contribution in [3.05, 3.63) is 89.5 Å². The quantitative estimate of drug-likeness (QED) is 0.254. The van der Waals surface area contributed by atoms with Gasteiger partial charge >= 0.3 is 0 Å². The second-order valence-electron chi connectivity index (χ2n) is 8.28. The largest absolute Gasteiger partial charge is 0.491 e. The fourth-order valence-electron chi connectivity index (χ4n) is 3.50. The molecule has 3 aromatic rings. The Balaban J connectivity index is 1.94. The van der Waals surface area contributed by atoms with Crippen molar-refractivity contribution in [1.82, 2.24) is 4.90 Å². The first-order chi connectivity index (χ1) is 15.8. The first-order valence-electron chi connectivity index (χ1n) is 11.1. The van der Waals surface area contributed by atoms with E-state index in [1.165, 1.54) is 0 Å². The van der Waals surface area contributed by atoms with Crippen LogP contribution in [0.2, 0.25) is 0 Å². The summed E-state index contributed by atoms with van der Waals surface area (Å²) in [6.07, 6.45) is 2.62. The van der Waals surface area contributed by atoms with Gasteiger partial charge in [-0.05, 0) is 80.5 Å². The lowest BCUT2D eigenvalue weighted by molar-refractivity contribution is 0.104. The van der Waals surface area contributed by atoms with Crippen LogP contribution in [0.15, 0.2) is 72.8 Å². The Labute approximate surface area is 196 Å². The summed E-state index contributed by atoms with van der Waals surface area (Å²) in [6.45, 7) is 4.95. The standard InChI is InChI=1S/C28H32N2O3/c1-20-9-5-7-11-24(20)23-14-16-28(33-18-17-30(3)4)25(19-23)27(32)15-13-22-10-6-8-12-26(22)29-21(2)31/h5-16,19,21,29,31H,17-18H2,1-4H3/b15-13+. The van der Waals surface area contributed by atoms with Crippen LogP contribution in [0.3, 0.4) is 0 Å². The molecule has 1 unspecified atom stereocenters. The van der Waals surface area contributed by atoms with Crippen molar-refractivity contribution in [2.24, 2.45) is 0 Å². The van der Waals surface area contributed by atoms with Crippen molar-refractivity contribution in [3.8, 4) is 16.9 Å². The van der Waals surface area contributed by atoms with Gasteiger partial charge in [0.15, 0.2) is 5.78 Å². The van der Waals surface area contributed by atoms with Crippen LogP contribution in [0.4, 0.5) is 5.69 Å². The van der Waals surface area contributed by atoms with E-state index in [0.29, 0.717) is 17.9 Å². The number of likely N-dealkylation sites (N-methyl/N-ethyl adjacent to an activating group) is 1. The zero-order valence-corrected chi connectivity index (χ0v) is 19.7. The highest BCUT2D eigenvalue weighted by molar-refractivity contribution is 6.09. The molecule has 0 aliphatic heterocycles. The topological polar surface area (TPSA) is 61.8 Å². The number of nitrogens with one attached hydrogen (secondary N) is 1. The fourth-order valence-corrected chi connectivity index (χ4v) is 3.50. The number of carbonyl (C=O) groups excluding carboxylic acids is 1. The van der Waals surface area contributed by atoms with Crippen molar-refractivity contribution in [3.63, 3.8) is 0 Å². The van der Waals surface area contributed by atoms with Crippen LogP contribution in [0.5, 0.6) is 5.75 Å². The van der Waals surface area contributed by atoms with Crippen molar-refractivity contribution < 1.29 is 14.6 Å². The second kappa shape index (κ2) is 11.5. The highest BCUT2D eigenvalue weighted by atomic mass is 16.5. The third-order valence-electron chi connectivity index (χ3n) is 5.24. The Kier molecular flexibility index (Phi) is 8.41. The van der Waals surface area contributed by atoms with E-state index in [2.05, 4.69) is 24.4 Å². The number of carbonyl (C=O) groups is 1. The van der Waals surface area contributed by atoms with Gasteiger partial charge in [-0.15, -0.1) is 0 Å². The average Bonchev–Trinajstić information content (AvgIpc) is 2.78. The Morgan fingerprint density at radius 3 is 2.55 bits per heavy atom. The van der Waals surface area contributed by atoms with Crippen molar-refractivity contribution in [2.45, 2.75) is 20.1 Å². The van der Waals surface area contributed by atoms with Crippen LogP contribution in [-0.4, -0.2) is 49.3 Å². The molecular weight excluding hydrogens is 412 g/mol. The number of hydrogen-bond acceptors (Lipinski definition) is 5. The lowest BCUT2D eigenvalue weighted by Gasteiger charge is -2.15. The number of allylic oxidation sites excluding steroid dienone is 1. The molecule has 5 nitrogen and oxygen atoms in total. The monoisotopic (exact) mass is 444 g/mol. The van der Waals surface area contributed by atoms with Crippen molar-refractivity contribution in [2.75, 3.05) is 32.6 Å². The molecule has 0 radical (unpaired) electrons. The number of hydrogen-bond donors (Lipinski definition) is 2. The molecule has 172 valence electrons. The number of anilines is 1. The van der Waals surface area contributed by atoms with Crippen molar-refractivity contribution in [1.29, 1.82) is 0 Å². The molecule has 0 aliphatic carbocycles. The van der Waals surface area contributed by atoms with Gasteiger partial charge in [0.25, 0.3) is 0 Å². The number of aryl methyl sites for hydroxylation is 1. The lowest BCUT2D eigenvalue weighted by atomic mass is 9.97. The molecule has 0 fully saturated rings. The van der Waals surface area contributed by atoms with Crippen LogP contribution >= 0.6 is 0 Å². The summed E-state index contributed by atoms with van der Waals surface area (Å²) in [6, 6.07) is 21.4. The van der Waals surface area contributed by atoms with E-state index >= 15 is 0 Å². The summed E-state index contributed by atoms with van der Waals surface area (Å²) < 4.78 is 5.98. The third-order valence-corrected chi connectivity index (χ3v) is 5.24. The van der Waals surface area contributed by atoms with Crippen molar-refractivity contribution >= 4 is 17.5 Å². The van der Waals surface area contributed by atoms with Crippen LogP contribution < -0.4 is 10.1 Å². The Hall–Kier alpha value is -3.41. The normalized spacial score (nSPS) is 12.2. The van der Waals surface area contributed by atoms with Crippen LogP contribution in [0.1, 0.15) is 28.4 Å². The molecule has 0 spiro atoms. The predicted octanol–water partition coefficient (Wildman–Crippen LogP) is 5.25. The molecule has 0 aromatic heterocycles. The van der Waals surface area contributed by atoms with Gasteiger partial charge in [0.05, 0.1) is 5.56 Å². The number of nitrogens with zero attached hydrogens (tertiary/aromatic N) is 1. The first-order valence-corrected chi connectivity index (χ1v) is 11.1. The number of ether oxygens (including phenoxy) is 1. The second-order valence-corrected chi connectivity index (χ2v) is 8.28. The Bertz CT molecular complexity index is 1120. The fraction of sp³-hybridized carbons (Fsp3) is 0.250. The van der Waals surface area contributed by atoms with Gasteiger partial charge in [-0.2, -0.15) is 0 Å². The zero-order valence-electron chi connectivity index (χ0n) is 19.7. The summed E-state index contributed by atoms with van der Waals surface area (Å²) in [5.74, 6) is 0.427. The zero-order chi connectivity index (χ0) is 23.8. The number of ketones is 1. The van der Waals surface area contributed by atoms with E-state index < -0.39 is 6.23 Å². The van der Waals surface area contributed by atoms with Crippen LogP contribution in [0.25, 0.3) is 17.2 Å². The first kappa shape index (κ1) is 24.2. The molecule has 0 amide bonds. The molecule has 0 heterocycles. The summed E-state index contributed by atoms with van der Waals surface area (Å²) in [5.41, 5.74) is 5.30. The Morgan fingerprint density at radius 2 is 1.82 bits per heavy atom. The van der Waals surface area contributed by atoms with Gasteiger partial charge < -0.3 is 20.1 Å². The third kappa shape index (κ3) is 6.78. The maximum absolute atomic E-state index is 13.3. The molecule has 3 aromatic carbocycles. The predicted molar refractivity (Wildman–Crippen MR) is 136 cm³/mol. The van der Waals surface area contributed by atoms with E-state index in [0.717, 1.165) is 34.5 Å². The molecule has 33 heavy (non-hydrogen) atoms. The number of rotatable bonds is 10. The van der Waals surface area contributed by atoms with Crippen LogP contribution in [-0.2, 0) is 0 Å². The minimum Gasteiger partial charge on any atom is -0.491 e. The number of para-hydroxylation sites is 1. The van der Waals surface area contributed by atoms with E-state index in [1.807, 2.05) is 73.6 Å². The molecule has 3 rings (SSSR count). The van der Waals surface area contributed by atoms with Gasteiger partial charge in [0.2, 0.25) is 0 Å². The van der Waals surface area contributed by atoms with Crippen LogP contribution in [0, 0.1) is 6.92 Å². The Morgan fingerprint density at radius 1 is 1.09 bits per heavy atom. The minimum absolute atomic E-state index is 0.142. The van der Waals surface area contributed by atoms with E-state index in [4.69, 9.17) is 4.74 Å². The van der Waals surface area contributed by atoms with Gasteiger partial charge in [-0.25, -0.2) is 0 Å². The number of benzene rings is 3. The number of aliphatic hydroxyl groups excluding tert-OH is 1. The average molecular weight is 445 g/mol.